The summed E-state index contributed by atoms with van der Waals surface area (Å²) in [7, 11) is 1.26. The van der Waals surface area contributed by atoms with E-state index < -0.39 is 5.97 Å². The molecule has 18 heavy (non-hydrogen) atoms. The summed E-state index contributed by atoms with van der Waals surface area (Å²) in [6.07, 6.45) is 5.61. The molecule has 1 fully saturated rings. The van der Waals surface area contributed by atoms with E-state index in [4.69, 9.17) is 6.42 Å². The molecule has 2 rings (SSSR count). The Bertz CT molecular complexity index is 518. The molecule has 6 heteroatoms. The Morgan fingerprint density at radius 2 is 2.33 bits per heavy atom. The summed E-state index contributed by atoms with van der Waals surface area (Å²) in [6, 6.07) is 3.01. The number of esters is 1. The highest BCUT2D eigenvalue weighted by molar-refractivity contribution is 5.95. The molecule has 1 aliphatic heterocycles. The number of ether oxygens (including phenoxy) is 1. The van der Waals surface area contributed by atoms with Crippen molar-refractivity contribution < 1.29 is 14.3 Å². The van der Waals surface area contributed by atoms with Crippen LogP contribution < -0.4 is 4.90 Å². The van der Waals surface area contributed by atoms with Crippen molar-refractivity contribution >= 4 is 17.7 Å². The maximum absolute atomic E-state index is 11.7. The highest BCUT2D eigenvalue weighted by atomic mass is 16.5. The van der Waals surface area contributed by atoms with Crippen LogP contribution in [-0.2, 0) is 9.53 Å². The highest BCUT2D eigenvalue weighted by Crippen LogP contribution is 2.22. The number of hydrogen-bond acceptors (Lipinski definition) is 5. The summed E-state index contributed by atoms with van der Waals surface area (Å²) in [5, 5.41) is 7.54. The summed E-state index contributed by atoms with van der Waals surface area (Å²) >= 11 is 0. The van der Waals surface area contributed by atoms with Crippen LogP contribution in [-0.4, -0.2) is 35.7 Å². The second kappa shape index (κ2) is 4.84. The fourth-order valence-electron chi connectivity index (χ4n) is 1.72. The molecule has 1 amide bonds. The molecule has 0 aromatic carbocycles. The van der Waals surface area contributed by atoms with Crippen LogP contribution in [0, 0.1) is 18.3 Å². The number of anilines is 1. The normalized spacial score (nSPS) is 18.6. The first-order valence-electron chi connectivity index (χ1n) is 5.34. The lowest BCUT2D eigenvalue weighted by molar-refractivity contribution is -0.117. The molecule has 1 aliphatic rings. The van der Waals surface area contributed by atoms with Crippen molar-refractivity contribution in [1.82, 2.24) is 10.2 Å². The van der Waals surface area contributed by atoms with Gasteiger partial charge in [0.05, 0.1) is 7.11 Å². The molecule has 0 bridgehead atoms. The predicted octanol–water partition coefficient (Wildman–Crippen LogP) is 0.249. The maximum atomic E-state index is 11.7. The monoisotopic (exact) mass is 245 g/mol. The average molecular weight is 245 g/mol. The van der Waals surface area contributed by atoms with Crippen LogP contribution >= 0.6 is 0 Å². The smallest absolute Gasteiger partial charge is 0.358 e. The summed E-state index contributed by atoms with van der Waals surface area (Å²) in [5.74, 6) is 2.19. The first-order valence-corrected chi connectivity index (χ1v) is 5.34. The van der Waals surface area contributed by atoms with Gasteiger partial charge < -0.3 is 4.74 Å². The molecule has 0 spiro atoms. The number of rotatable bonds is 2. The first kappa shape index (κ1) is 12.0. The molecule has 0 saturated carbocycles. The standard InChI is InChI=1S/C12H11N3O3/c1-3-8-6-11(16)15(7-8)10-5-4-9(13-14-10)12(17)18-2/h1,4-5,8H,6-7H2,2H3. The molecular weight excluding hydrogens is 234 g/mol. The Balaban J connectivity index is 2.18. The zero-order chi connectivity index (χ0) is 13.1. The van der Waals surface area contributed by atoms with Gasteiger partial charge >= 0.3 is 5.97 Å². The van der Waals surface area contributed by atoms with Crippen molar-refractivity contribution in [1.29, 1.82) is 0 Å². The van der Waals surface area contributed by atoms with Crippen LogP contribution in [0.15, 0.2) is 12.1 Å². The van der Waals surface area contributed by atoms with Gasteiger partial charge in [0.15, 0.2) is 11.5 Å². The molecule has 1 atom stereocenters. The van der Waals surface area contributed by atoms with E-state index in [0.29, 0.717) is 18.8 Å². The van der Waals surface area contributed by atoms with Gasteiger partial charge in [-0.15, -0.1) is 22.5 Å². The van der Waals surface area contributed by atoms with Gasteiger partial charge in [-0.25, -0.2) is 4.79 Å². The van der Waals surface area contributed by atoms with Crippen molar-refractivity contribution in [3.8, 4) is 12.3 Å². The van der Waals surface area contributed by atoms with E-state index in [1.807, 2.05) is 0 Å². The molecule has 6 nitrogen and oxygen atoms in total. The van der Waals surface area contributed by atoms with E-state index in [2.05, 4.69) is 20.9 Å². The summed E-state index contributed by atoms with van der Waals surface area (Å²) in [6.45, 7) is 0.432. The SMILES string of the molecule is C#CC1CC(=O)N(c2ccc(C(=O)OC)nn2)C1. The number of aromatic nitrogens is 2. The van der Waals surface area contributed by atoms with Gasteiger partial charge in [-0.3, -0.25) is 9.69 Å². The number of methoxy groups -OCH3 is 1. The third kappa shape index (κ3) is 2.15. The molecule has 1 saturated heterocycles. The van der Waals surface area contributed by atoms with Crippen LogP contribution in [0.3, 0.4) is 0 Å². The first-order chi connectivity index (χ1) is 8.65. The molecule has 0 radical (unpaired) electrons. The van der Waals surface area contributed by atoms with E-state index in [9.17, 15) is 9.59 Å². The van der Waals surface area contributed by atoms with Gasteiger partial charge in [0.2, 0.25) is 5.91 Å². The van der Waals surface area contributed by atoms with Crippen molar-refractivity contribution in [3.63, 3.8) is 0 Å². The Labute approximate surface area is 104 Å². The molecule has 2 heterocycles. The number of carbonyl (C=O) groups excluding carboxylic acids is 2. The zero-order valence-electron chi connectivity index (χ0n) is 9.79. The fourth-order valence-corrected chi connectivity index (χ4v) is 1.72. The number of nitrogens with zero attached hydrogens (tertiary/aromatic N) is 3. The number of carbonyl (C=O) groups is 2. The van der Waals surface area contributed by atoms with Crippen molar-refractivity contribution in [2.45, 2.75) is 6.42 Å². The van der Waals surface area contributed by atoms with Crippen LogP contribution in [0.5, 0.6) is 0 Å². The number of terminal acetylenes is 1. The molecule has 0 N–H and O–H groups in total. The summed E-state index contributed by atoms with van der Waals surface area (Å²) in [5.41, 5.74) is 0.0985. The van der Waals surface area contributed by atoms with Crippen molar-refractivity contribution in [2.24, 2.45) is 5.92 Å². The second-order valence-corrected chi connectivity index (χ2v) is 3.84. The molecule has 1 aromatic rings. The lowest BCUT2D eigenvalue weighted by Gasteiger charge is -2.13. The van der Waals surface area contributed by atoms with Gasteiger partial charge in [0.25, 0.3) is 0 Å². The quantitative estimate of drug-likeness (QED) is 0.551. The van der Waals surface area contributed by atoms with Gasteiger partial charge in [-0.2, -0.15) is 0 Å². The Hall–Kier alpha value is -2.42. The third-order valence-electron chi connectivity index (χ3n) is 2.68. The van der Waals surface area contributed by atoms with Crippen LogP contribution in [0.1, 0.15) is 16.9 Å². The topological polar surface area (TPSA) is 72.4 Å². The van der Waals surface area contributed by atoms with Gasteiger partial charge in [-0.1, -0.05) is 0 Å². The minimum Gasteiger partial charge on any atom is -0.464 e. The fraction of sp³-hybridized carbons (Fsp3) is 0.333. The van der Waals surface area contributed by atoms with Crippen LogP contribution in [0.25, 0.3) is 0 Å². The summed E-state index contributed by atoms with van der Waals surface area (Å²) < 4.78 is 4.51. The van der Waals surface area contributed by atoms with E-state index >= 15 is 0 Å². The Morgan fingerprint density at radius 1 is 1.56 bits per heavy atom. The predicted molar refractivity (Wildman–Crippen MR) is 62.7 cm³/mol. The van der Waals surface area contributed by atoms with Gasteiger partial charge in [0.1, 0.15) is 0 Å². The molecule has 1 aromatic heterocycles. The van der Waals surface area contributed by atoms with E-state index in [1.165, 1.54) is 18.1 Å². The number of hydrogen-bond donors (Lipinski definition) is 0. The zero-order valence-corrected chi connectivity index (χ0v) is 9.79. The minimum atomic E-state index is -0.566. The van der Waals surface area contributed by atoms with Crippen LogP contribution in [0.2, 0.25) is 0 Å². The van der Waals surface area contributed by atoms with Crippen LogP contribution in [0.4, 0.5) is 5.82 Å². The summed E-state index contributed by atoms with van der Waals surface area (Å²) in [4.78, 5) is 24.3. The van der Waals surface area contributed by atoms with E-state index in [1.54, 1.807) is 6.07 Å². The largest absolute Gasteiger partial charge is 0.464 e. The number of amides is 1. The third-order valence-corrected chi connectivity index (χ3v) is 2.68. The highest BCUT2D eigenvalue weighted by Gasteiger charge is 2.30. The van der Waals surface area contributed by atoms with Gasteiger partial charge in [0, 0.05) is 18.9 Å². The minimum absolute atomic E-state index is 0.0851. The molecule has 92 valence electrons. The average Bonchev–Trinajstić information content (AvgIpc) is 2.79. The van der Waals surface area contributed by atoms with E-state index in [-0.39, 0.29) is 17.5 Å². The van der Waals surface area contributed by atoms with E-state index in [0.717, 1.165) is 0 Å². The second-order valence-electron chi connectivity index (χ2n) is 3.84. The lowest BCUT2D eigenvalue weighted by Crippen LogP contribution is -2.26. The van der Waals surface area contributed by atoms with Gasteiger partial charge in [-0.05, 0) is 12.1 Å². The van der Waals surface area contributed by atoms with Crippen molar-refractivity contribution in [2.75, 3.05) is 18.6 Å². The maximum Gasteiger partial charge on any atom is 0.358 e. The van der Waals surface area contributed by atoms with Crippen molar-refractivity contribution in [3.05, 3.63) is 17.8 Å². The Morgan fingerprint density at radius 3 is 2.83 bits per heavy atom. The molecule has 0 aliphatic carbocycles. The lowest BCUT2D eigenvalue weighted by atomic mass is 10.1. The Kier molecular flexibility index (Phi) is 3.24. The molecule has 1 unspecified atom stereocenters. The molecular formula is C12H11N3O3.